The molecule has 2 aromatic rings. The van der Waals surface area contributed by atoms with E-state index in [0.717, 1.165) is 5.56 Å². The SMILES string of the molecule is Cc1ccc(C(C)NC(=O)c2ccccc2S)cc1F. The molecule has 0 aromatic heterocycles. The Balaban J connectivity index is 2.15. The second-order valence-electron chi connectivity index (χ2n) is 4.72. The summed E-state index contributed by atoms with van der Waals surface area (Å²) in [5.41, 5.74) is 1.83. The van der Waals surface area contributed by atoms with Crippen molar-refractivity contribution in [2.45, 2.75) is 24.8 Å². The Kier molecular flexibility index (Phi) is 4.45. The van der Waals surface area contributed by atoms with Crippen molar-refractivity contribution in [2.24, 2.45) is 0 Å². The minimum atomic E-state index is -0.273. The van der Waals surface area contributed by atoms with E-state index in [-0.39, 0.29) is 17.8 Å². The molecule has 20 heavy (non-hydrogen) atoms. The maximum Gasteiger partial charge on any atom is 0.252 e. The summed E-state index contributed by atoms with van der Waals surface area (Å²) in [7, 11) is 0. The van der Waals surface area contributed by atoms with Gasteiger partial charge in [0, 0.05) is 4.90 Å². The van der Waals surface area contributed by atoms with E-state index in [2.05, 4.69) is 17.9 Å². The lowest BCUT2D eigenvalue weighted by Gasteiger charge is -2.15. The van der Waals surface area contributed by atoms with Crippen molar-refractivity contribution in [1.29, 1.82) is 0 Å². The first kappa shape index (κ1) is 14.6. The first-order valence-electron chi connectivity index (χ1n) is 6.34. The van der Waals surface area contributed by atoms with Gasteiger partial charge in [0.15, 0.2) is 0 Å². The van der Waals surface area contributed by atoms with E-state index in [1.807, 2.05) is 19.1 Å². The van der Waals surface area contributed by atoms with Crippen molar-refractivity contribution in [1.82, 2.24) is 5.32 Å². The molecule has 0 bridgehead atoms. The number of nitrogens with one attached hydrogen (secondary N) is 1. The van der Waals surface area contributed by atoms with Gasteiger partial charge in [-0.05, 0) is 43.2 Å². The van der Waals surface area contributed by atoms with Crippen molar-refractivity contribution in [3.8, 4) is 0 Å². The van der Waals surface area contributed by atoms with Crippen LogP contribution in [-0.2, 0) is 0 Å². The Hall–Kier alpha value is -1.81. The monoisotopic (exact) mass is 289 g/mol. The van der Waals surface area contributed by atoms with Crippen LogP contribution in [0.5, 0.6) is 0 Å². The molecule has 0 aliphatic rings. The highest BCUT2D eigenvalue weighted by Crippen LogP contribution is 2.18. The van der Waals surface area contributed by atoms with Crippen LogP contribution in [0.1, 0.15) is 34.5 Å². The van der Waals surface area contributed by atoms with Gasteiger partial charge in [0.2, 0.25) is 0 Å². The normalized spacial score (nSPS) is 12.0. The number of carbonyl (C=O) groups is 1. The quantitative estimate of drug-likeness (QED) is 0.824. The maximum atomic E-state index is 13.5. The summed E-state index contributed by atoms with van der Waals surface area (Å²) in [6.07, 6.45) is 0. The summed E-state index contributed by atoms with van der Waals surface area (Å²) in [5, 5.41) is 2.85. The number of amides is 1. The lowest BCUT2D eigenvalue weighted by atomic mass is 10.1. The van der Waals surface area contributed by atoms with Crippen molar-refractivity contribution in [2.75, 3.05) is 0 Å². The van der Waals surface area contributed by atoms with Crippen LogP contribution in [0.4, 0.5) is 4.39 Å². The molecule has 0 spiro atoms. The number of rotatable bonds is 3. The molecule has 0 saturated carbocycles. The lowest BCUT2D eigenvalue weighted by Crippen LogP contribution is -2.27. The summed E-state index contributed by atoms with van der Waals surface area (Å²) in [5.74, 6) is -0.484. The second-order valence-corrected chi connectivity index (χ2v) is 5.20. The van der Waals surface area contributed by atoms with Crippen molar-refractivity contribution in [3.63, 3.8) is 0 Å². The zero-order valence-corrected chi connectivity index (χ0v) is 12.2. The Morgan fingerprint density at radius 1 is 1.25 bits per heavy atom. The van der Waals surface area contributed by atoms with E-state index < -0.39 is 0 Å². The first-order chi connectivity index (χ1) is 9.49. The molecule has 1 unspecified atom stereocenters. The van der Waals surface area contributed by atoms with E-state index >= 15 is 0 Å². The third-order valence-corrected chi connectivity index (χ3v) is 3.58. The Morgan fingerprint density at radius 3 is 2.60 bits per heavy atom. The molecule has 0 fully saturated rings. The van der Waals surface area contributed by atoms with E-state index in [1.54, 1.807) is 31.2 Å². The van der Waals surface area contributed by atoms with Crippen LogP contribution in [0, 0.1) is 12.7 Å². The molecule has 2 rings (SSSR count). The summed E-state index contributed by atoms with van der Waals surface area (Å²) in [6, 6.07) is 11.8. The molecule has 1 atom stereocenters. The van der Waals surface area contributed by atoms with E-state index in [9.17, 15) is 9.18 Å². The predicted molar refractivity (Wildman–Crippen MR) is 80.7 cm³/mol. The molecule has 0 heterocycles. The molecule has 0 aliphatic heterocycles. The topological polar surface area (TPSA) is 29.1 Å². The number of hydrogen-bond acceptors (Lipinski definition) is 2. The number of halogens is 1. The van der Waals surface area contributed by atoms with Gasteiger partial charge in [-0.25, -0.2) is 4.39 Å². The Labute approximate surface area is 123 Å². The van der Waals surface area contributed by atoms with E-state index in [1.165, 1.54) is 6.07 Å². The number of hydrogen-bond donors (Lipinski definition) is 2. The van der Waals surface area contributed by atoms with Gasteiger partial charge >= 0.3 is 0 Å². The standard InChI is InChI=1S/C16H16FNOS/c1-10-7-8-12(9-14(10)17)11(2)18-16(19)13-5-3-4-6-15(13)20/h3-9,11,20H,1-2H3,(H,18,19). The smallest absolute Gasteiger partial charge is 0.252 e. The fraction of sp³-hybridized carbons (Fsp3) is 0.188. The largest absolute Gasteiger partial charge is 0.345 e. The van der Waals surface area contributed by atoms with Crippen LogP contribution in [-0.4, -0.2) is 5.91 Å². The average Bonchev–Trinajstić information content (AvgIpc) is 2.42. The molecule has 1 amide bonds. The van der Waals surface area contributed by atoms with Crippen molar-refractivity contribution < 1.29 is 9.18 Å². The third kappa shape index (κ3) is 3.20. The predicted octanol–water partition coefficient (Wildman–Crippen LogP) is 3.91. The van der Waals surface area contributed by atoms with Crippen LogP contribution < -0.4 is 5.32 Å². The molecule has 0 aliphatic carbocycles. The zero-order valence-electron chi connectivity index (χ0n) is 11.4. The average molecular weight is 289 g/mol. The van der Waals surface area contributed by atoms with Gasteiger partial charge in [-0.2, -0.15) is 0 Å². The highest BCUT2D eigenvalue weighted by molar-refractivity contribution is 7.80. The summed E-state index contributed by atoms with van der Waals surface area (Å²) >= 11 is 4.26. The number of aryl methyl sites for hydroxylation is 1. The minimum absolute atomic E-state index is 0.218. The number of benzene rings is 2. The van der Waals surface area contributed by atoms with Crippen LogP contribution >= 0.6 is 12.6 Å². The molecular weight excluding hydrogens is 273 g/mol. The van der Waals surface area contributed by atoms with E-state index in [4.69, 9.17) is 0 Å². The molecule has 1 N–H and O–H groups in total. The van der Waals surface area contributed by atoms with Crippen LogP contribution in [0.15, 0.2) is 47.4 Å². The van der Waals surface area contributed by atoms with Crippen molar-refractivity contribution in [3.05, 3.63) is 65.0 Å². The Bertz CT molecular complexity index is 642. The second kappa shape index (κ2) is 6.09. The highest BCUT2D eigenvalue weighted by atomic mass is 32.1. The van der Waals surface area contributed by atoms with Gasteiger partial charge in [0.1, 0.15) is 5.82 Å². The summed E-state index contributed by atoms with van der Waals surface area (Å²) in [6.45, 7) is 3.53. The van der Waals surface area contributed by atoms with Gasteiger partial charge in [-0.3, -0.25) is 4.79 Å². The third-order valence-electron chi connectivity index (χ3n) is 3.19. The fourth-order valence-corrected chi connectivity index (χ4v) is 2.16. The first-order valence-corrected chi connectivity index (χ1v) is 6.78. The molecule has 104 valence electrons. The van der Waals surface area contributed by atoms with Crippen LogP contribution in [0.25, 0.3) is 0 Å². The van der Waals surface area contributed by atoms with Crippen LogP contribution in [0.2, 0.25) is 0 Å². The van der Waals surface area contributed by atoms with Gasteiger partial charge in [-0.15, -0.1) is 12.6 Å². The maximum absolute atomic E-state index is 13.5. The molecule has 2 aromatic carbocycles. The zero-order chi connectivity index (χ0) is 14.7. The molecular formula is C16H16FNOS. The lowest BCUT2D eigenvalue weighted by molar-refractivity contribution is 0.0937. The Morgan fingerprint density at radius 2 is 1.95 bits per heavy atom. The minimum Gasteiger partial charge on any atom is -0.345 e. The van der Waals surface area contributed by atoms with Gasteiger partial charge in [0.25, 0.3) is 5.91 Å². The van der Waals surface area contributed by atoms with Crippen molar-refractivity contribution >= 4 is 18.5 Å². The van der Waals surface area contributed by atoms with Crippen LogP contribution in [0.3, 0.4) is 0 Å². The number of carbonyl (C=O) groups excluding carboxylic acids is 1. The highest BCUT2D eigenvalue weighted by Gasteiger charge is 2.14. The molecule has 2 nitrogen and oxygen atoms in total. The molecule has 0 saturated heterocycles. The molecule has 0 radical (unpaired) electrons. The van der Waals surface area contributed by atoms with E-state index in [0.29, 0.717) is 16.0 Å². The van der Waals surface area contributed by atoms with Gasteiger partial charge in [-0.1, -0.05) is 24.3 Å². The summed E-state index contributed by atoms with van der Waals surface area (Å²) in [4.78, 5) is 12.8. The van der Waals surface area contributed by atoms with Gasteiger partial charge in [0.05, 0.1) is 11.6 Å². The number of thiol groups is 1. The summed E-state index contributed by atoms with van der Waals surface area (Å²) < 4.78 is 13.5. The molecule has 4 heteroatoms. The fourth-order valence-electron chi connectivity index (χ4n) is 1.90. The van der Waals surface area contributed by atoms with Gasteiger partial charge < -0.3 is 5.32 Å².